The summed E-state index contributed by atoms with van der Waals surface area (Å²) >= 11 is 6.73. The van der Waals surface area contributed by atoms with Crippen molar-refractivity contribution >= 4 is 51.4 Å². The Hall–Kier alpha value is -3.23. The van der Waals surface area contributed by atoms with Crippen LogP contribution in [0.2, 0.25) is 5.02 Å². The van der Waals surface area contributed by atoms with Crippen LogP contribution in [-0.2, 0) is 4.74 Å². The zero-order valence-corrected chi connectivity index (χ0v) is 17.5. The molecule has 0 radical (unpaired) electrons. The third-order valence-corrected chi connectivity index (χ3v) is 5.66. The summed E-state index contributed by atoms with van der Waals surface area (Å²) in [5.41, 5.74) is 0.691. The van der Waals surface area contributed by atoms with Crippen molar-refractivity contribution in [1.29, 1.82) is 0 Å². The van der Waals surface area contributed by atoms with E-state index in [-0.39, 0.29) is 21.1 Å². The average Bonchev–Trinajstić information content (AvgIpc) is 3.05. The lowest BCUT2D eigenvalue weighted by Gasteiger charge is -2.06. The molecule has 1 aromatic heterocycles. The van der Waals surface area contributed by atoms with Gasteiger partial charge in [0.1, 0.15) is 10.8 Å². The van der Waals surface area contributed by atoms with E-state index in [0.29, 0.717) is 16.1 Å². The van der Waals surface area contributed by atoms with Crippen LogP contribution in [0.15, 0.2) is 48.5 Å². The number of carbonyl (C=O) groups is 3. The number of anilines is 2. The molecule has 3 aromatic rings. The van der Waals surface area contributed by atoms with E-state index in [1.165, 1.54) is 37.4 Å². The van der Waals surface area contributed by atoms with Crippen LogP contribution in [0.4, 0.5) is 15.1 Å². The van der Waals surface area contributed by atoms with Crippen LogP contribution < -0.4 is 10.6 Å². The number of rotatable bonds is 5. The van der Waals surface area contributed by atoms with Gasteiger partial charge in [-0.05, 0) is 48.9 Å². The summed E-state index contributed by atoms with van der Waals surface area (Å²) < 4.78 is 18.7. The number of benzene rings is 2. The van der Waals surface area contributed by atoms with Crippen molar-refractivity contribution in [3.63, 3.8) is 0 Å². The molecule has 0 spiro atoms. The van der Waals surface area contributed by atoms with E-state index in [9.17, 15) is 18.8 Å². The number of halogens is 2. The van der Waals surface area contributed by atoms with E-state index in [0.717, 1.165) is 11.3 Å². The number of nitrogens with one attached hydrogen (secondary N) is 2. The highest BCUT2D eigenvalue weighted by atomic mass is 35.5. The molecule has 6 nitrogen and oxygen atoms in total. The van der Waals surface area contributed by atoms with E-state index in [2.05, 4.69) is 10.6 Å². The Morgan fingerprint density at radius 2 is 1.67 bits per heavy atom. The van der Waals surface area contributed by atoms with Gasteiger partial charge in [0.25, 0.3) is 11.8 Å². The zero-order valence-electron chi connectivity index (χ0n) is 15.9. The van der Waals surface area contributed by atoms with Crippen molar-refractivity contribution in [2.45, 2.75) is 6.92 Å². The third-order valence-electron chi connectivity index (χ3n) is 4.20. The monoisotopic (exact) mass is 446 g/mol. The smallest absolute Gasteiger partial charge is 0.341 e. The highest BCUT2D eigenvalue weighted by molar-refractivity contribution is 7.19. The molecule has 2 N–H and O–H groups in total. The molecule has 154 valence electrons. The minimum absolute atomic E-state index is 0.00154. The van der Waals surface area contributed by atoms with Crippen molar-refractivity contribution in [1.82, 2.24) is 0 Å². The predicted octanol–water partition coefficient (Wildman–Crippen LogP) is 5.14. The number of carbonyl (C=O) groups excluding carboxylic acids is 3. The third kappa shape index (κ3) is 4.50. The number of para-hydroxylation sites is 1. The van der Waals surface area contributed by atoms with Gasteiger partial charge < -0.3 is 15.4 Å². The standard InChI is InChI=1S/C21H16ClFN2O4S/c1-11-16(21(28)29-2)20(25-18(26)12-7-9-13(22)10-8-12)30-17(11)19(27)24-15-6-4-3-5-14(15)23/h3-10H,1-2H3,(H,24,27)(H,25,26). The molecule has 0 aliphatic carbocycles. The van der Waals surface area contributed by atoms with Gasteiger partial charge in [-0.15, -0.1) is 11.3 Å². The summed E-state index contributed by atoms with van der Waals surface area (Å²) in [6.45, 7) is 1.55. The quantitative estimate of drug-likeness (QED) is 0.531. The number of esters is 1. The van der Waals surface area contributed by atoms with Crippen LogP contribution in [0.25, 0.3) is 0 Å². The predicted molar refractivity (Wildman–Crippen MR) is 114 cm³/mol. The van der Waals surface area contributed by atoms with Crippen molar-refractivity contribution in [2.75, 3.05) is 17.7 Å². The van der Waals surface area contributed by atoms with Crippen molar-refractivity contribution < 1.29 is 23.5 Å². The normalized spacial score (nSPS) is 10.4. The Kier molecular flexibility index (Phi) is 6.49. The first kappa shape index (κ1) is 21.5. The molecule has 2 amide bonds. The van der Waals surface area contributed by atoms with E-state index in [1.54, 1.807) is 25.1 Å². The first-order valence-corrected chi connectivity index (χ1v) is 9.85. The van der Waals surface area contributed by atoms with Gasteiger partial charge in [0, 0.05) is 10.6 Å². The fourth-order valence-corrected chi connectivity index (χ4v) is 3.90. The van der Waals surface area contributed by atoms with Gasteiger partial charge in [-0.2, -0.15) is 0 Å². The minimum atomic E-state index is -0.708. The Balaban J connectivity index is 1.94. The molecule has 0 aliphatic rings. The van der Waals surface area contributed by atoms with Crippen LogP contribution in [0.5, 0.6) is 0 Å². The van der Waals surface area contributed by atoms with E-state index < -0.39 is 23.6 Å². The molecule has 3 rings (SSSR count). The highest BCUT2D eigenvalue weighted by Gasteiger charge is 2.27. The molecule has 2 aromatic carbocycles. The topological polar surface area (TPSA) is 84.5 Å². The summed E-state index contributed by atoms with van der Waals surface area (Å²) in [5, 5.41) is 5.73. The summed E-state index contributed by atoms with van der Waals surface area (Å²) in [4.78, 5) is 37.7. The molecule has 0 aliphatic heterocycles. The van der Waals surface area contributed by atoms with Crippen LogP contribution in [0.3, 0.4) is 0 Å². The first-order chi connectivity index (χ1) is 14.3. The molecule has 0 unspecified atom stereocenters. The van der Waals surface area contributed by atoms with Gasteiger partial charge in [-0.1, -0.05) is 23.7 Å². The largest absolute Gasteiger partial charge is 0.465 e. The number of thiophene rings is 1. The van der Waals surface area contributed by atoms with E-state index in [1.807, 2.05) is 0 Å². The fourth-order valence-electron chi connectivity index (χ4n) is 2.68. The number of hydrogen-bond acceptors (Lipinski definition) is 5. The molecular formula is C21H16ClFN2O4S. The molecule has 0 bridgehead atoms. The Morgan fingerprint density at radius 3 is 2.30 bits per heavy atom. The van der Waals surface area contributed by atoms with Gasteiger partial charge in [0.15, 0.2) is 0 Å². The van der Waals surface area contributed by atoms with E-state index >= 15 is 0 Å². The van der Waals surface area contributed by atoms with Crippen LogP contribution in [0.1, 0.15) is 36.0 Å². The Morgan fingerprint density at radius 1 is 1.00 bits per heavy atom. The van der Waals surface area contributed by atoms with Crippen LogP contribution in [0, 0.1) is 12.7 Å². The molecule has 0 fully saturated rings. The van der Waals surface area contributed by atoms with Gasteiger partial charge in [0.2, 0.25) is 0 Å². The van der Waals surface area contributed by atoms with Gasteiger partial charge in [-0.25, -0.2) is 9.18 Å². The van der Waals surface area contributed by atoms with Crippen molar-refractivity contribution in [2.24, 2.45) is 0 Å². The lowest BCUT2D eigenvalue weighted by atomic mass is 10.1. The average molecular weight is 447 g/mol. The molecule has 9 heteroatoms. The van der Waals surface area contributed by atoms with Crippen LogP contribution in [-0.4, -0.2) is 24.9 Å². The van der Waals surface area contributed by atoms with Gasteiger partial charge in [0.05, 0.1) is 23.2 Å². The summed E-state index contributed by atoms with van der Waals surface area (Å²) in [6, 6.07) is 11.9. The second kappa shape index (κ2) is 9.06. The van der Waals surface area contributed by atoms with Gasteiger partial charge >= 0.3 is 5.97 Å². The maximum atomic E-state index is 13.9. The highest BCUT2D eigenvalue weighted by Crippen LogP contribution is 2.34. The SMILES string of the molecule is COC(=O)c1c(NC(=O)c2ccc(Cl)cc2)sc(C(=O)Nc2ccccc2F)c1C. The second-order valence-electron chi connectivity index (χ2n) is 6.15. The first-order valence-electron chi connectivity index (χ1n) is 8.66. The van der Waals surface area contributed by atoms with Crippen molar-refractivity contribution in [3.05, 3.63) is 80.9 Å². The van der Waals surface area contributed by atoms with Crippen LogP contribution >= 0.6 is 22.9 Å². The minimum Gasteiger partial charge on any atom is -0.465 e. The Labute approximate surface area is 180 Å². The van der Waals surface area contributed by atoms with Gasteiger partial charge in [-0.3, -0.25) is 9.59 Å². The maximum absolute atomic E-state index is 13.9. The molecule has 30 heavy (non-hydrogen) atoms. The lowest BCUT2D eigenvalue weighted by Crippen LogP contribution is -2.14. The summed E-state index contributed by atoms with van der Waals surface area (Å²) in [7, 11) is 1.20. The number of hydrogen-bond donors (Lipinski definition) is 2. The number of ether oxygens (including phenoxy) is 1. The Bertz CT molecular complexity index is 1130. The fraction of sp³-hybridized carbons (Fsp3) is 0.0952. The molecule has 0 saturated heterocycles. The lowest BCUT2D eigenvalue weighted by molar-refractivity contribution is 0.0601. The summed E-state index contributed by atoms with van der Waals surface area (Å²) in [6.07, 6.45) is 0. The molecular weight excluding hydrogens is 431 g/mol. The van der Waals surface area contributed by atoms with Crippen molar-refractivity contribution in [3.8, 4) is 0 Å². The zero-order chi connectivity index (χ0) is 21.8. The molecule has 1 heterocycles. The number of amides is 2. The number of methoxy groups -OCH3 is 1. The van der Waals surface area contributed by atoms with E-state index in [4.69, 9.17) is 16.3 Å². The molecule has 0 saturated carbocycles. The maximum Gasteiger partial charge on any atom is 0.341 e. The second-order valence-corrected chi connectivity index (χ2v) is 7.60. The molecule has 0 atom stereocenters. The summed E-state index contributed by atoms with van der Waals surface area (Å²) in [5.74, 6) is -2.40.